The number of ether oxygens (including phenoxy) is 2. The Morgan fingerprint density at radius 1 is 0.970 bits per heavy atom. The summed E-state index contributed by atoms with van der Waals surface area (Å²) in [6.45, 7) is 11.0. The van der Waals surface area contributed by atoms with E-state index in [-0.39, 0.29) is 11.9 Å². The molecule has 0 aromatic heterocycles. The van der Waals surface area contributed by atoms with E-state index in [1.165, 1.54) is 12.7 Å². The van der Waals surface area contributed by atoms with E-state index in [0.29, 0.717) is 13.2 Å². The second kappa shape index (κ2) is 11.0. The molecular weight excluding hydrogens is 414 g/mol. The predicted octanol–water partition coefficient (Wildman–Crippen LogP) is 5.38. The van der Waals surface area contributed by atoms with Crippen molar-refractivity contribution in [2.45, 2.75) is 65.0 Å². The number of carbonyl (C=O) groups is 2. The number of rotatable bonds is 6. The summed E-state index contributed by atoms with van der Waals surface area (Å²) < 4.78 is 9.91. The number of piperidine rings is 1. The van der Waals surface area contributed by atoms with Crippen LogP contribution in [0.15, 0.2) is 60.7 Å². The molecule has 0 spiro atoms. The molecule has 0 N–H and O–H groups in total. The number of hydrogen-bond donors (Lipinski definition) is 0. The Morgan fingerprint density at radius 3 is 2.03 bits per heavy atom. The second-order valence-corrected chi connectivity index (χ2v) is 9.85. The van der Waals surface area contributed by atoms with Crippen LogP contribution in [0.25, 0.3) is 0 Å². The van der Waals surface area contributed by atoms with Crippen molar-refractivity contribution in [3.8, 4) is 0 Å². The molecule has 2 aromatic carbocycles. The monoisotopic (exact) mass is 453 g/mol. The van der Waals surface area contributed by atoms with Gasteiger partial charge in [-0.3, -0.25) is 9.59 Å². The molecule has 0 bridgehead atoms. The van der Waals surface area contributed by atoms with E-state index in [1.807, 2.05) is 100 Å². The number of esters is 1. The molecule has 3 rings (SSSR count). The van der Waals surface area contributed by atoms with E-state index in [2.05, 4.69) is 0 Å². The van der Waals surface area contributed by atoms with Crippen LogP contribution >= 0.6 is 0 Å². The summed E-state index contributed by atoms with van der Waals surface area (Å²) in [5.74, 6) is -0.214. The first kappa shape index (κ1) is 26.6. The minimum Gasteiger partial charge on any atom is -0.469 e. The Balaban J connectivity index is 0.000000357. The highest BCUT2D eigenvalue weighted by atomic mass is 16.5. The van der Waals surface area contributed by atoms with E-state index in [9.17, 15) is 9.59 Å². The molecule has 1 heterocycles. The molecule has 1 fully saturated rings. The lowest BCUT2D eigenvalue weighted by atomic mass is 9.69. The molecule has 5 nitrogen and oxygen atoms in total. The topological polar surface area (TPSA) is 55.8 Å². The maximum Gasteiger partial charge on any atom is 0.313 e. The molecule has 1 amide bonds. The molecule has 0 radical (unpaired) electrons. The fraction of sp³-hybridized carbons (Fsp3) is 0.500. The van der Waals surface area contributed by atoms with Gasteiger partial charge in [-0.05, 0) is 58.6 Å². The highest BCUT2D eigenvalue weighted by Crippen LogP contribution is 2.43. The van der Waals surface area contributed by atoms with E-state index < -0.39 is 16.4 Å². The van der Waals surface area contributed by atoms with Crippen molar-refractivity contribution in [2.75, 3.05) is 20.8 Å². The summed E-state index contributed by atoms with van der Waals surface area (Å²) in [4.78, 5) is 27.6. The van der Waals surface area contributed by atoms with Gasteiger partial charge in [0.1, 0.15) is 0 Å². The van der Waals surface area contributed by atoms with E-state index >= 15 is 0 Å². The van der Waals surface area contributed by atoms with Crippen molar-refractivity contribution < 1.29 is 19.1 Å². The van der Waals surface area contributed by atoms with Crippen molar-refractivity contribution in [3.63, 3.8) is 0 Å². The first-order valence-electron chi connectivity index (χ1n) is 11.5. The van der Waals surface area contributed by atoms with Gasteiger partial charge in [0.25, 0.3) is 0 Å². The molecule has 1 saturated heterocycles. The number of amides is 1. The Hall–Kier alpha value is -2.66. The fourth-order valence-corrected chi connectivity index (χ4v) is 4.29. The van der Waals surface area contributed by atoms with Crippen molar-refractivity contribution in [1.82, 2.24) is 4.90 Å². The van der Waals surface area contributed by atoms with Crippen LogP contribution in [0, 0.1) is 5.41 Å². The smallest absolute Gasteiger partial charge is 0.313 e. The quantitative estimate of drug-likeness (QED) is 0.551. The van der Waals surface area contributed by atoms with Gasteiger partial charge >= 0.3 is 5.97 Å². The average Bonchev–Trinajstić information content (AvgIpc) is 2.82. The summed E-state index contributed by atoms with van der Waals surface area (Å²) in [6, 6.07) is 20.0. The van der Waals surface area contributed by atoms with Crippen molar-refractivity contribution in [2.24, 2.45) is 5.41 Å². The molecular formula is C28H39NO4. The first-order chi connectivity index (χ1) is 15.5. The molecule has 1 atom stereocenters. The number of hydrogen-bond acceptors (Lipinski definition) is 4. The zero-order chi connectivity index (χ0) is 24.7. The highest BCUT2D eigenvalue weighted by molar-refractivity contribution is 5.90. The number of benzene rings is 2. The first-order valence-corrected chi connectivity index (χ1v) is 11.5. The van der Waals surface area contributed by atoms with Gasteiger partial charge in [-0.15, -0.1) is 0 Å². The number of nitrogens with zero attached hydrogens (tertiary/aromatic N) is 1. The minimum absolute atomic E-state index is 0.0851. The van der Waals surface area contributed by atoms with Gasteiger partial charge < -0.3 is 14.4 Å². The van der Waals surface area contributed by atoms with E-state index in [0.717, 1.165) is 18.4 Å². The minimum atomic E-state index is -0.799. The van der Waals surface area contributed by atoms with Crippen LogP contribution in [-0.2, 0) is 31.1 Å². The maximum absolute atomic E-state index is 13.4. The Labute approximate surface area is 199 Å². The SMILES string of the molecule is COC(=O)C(C)(C)C(C)(C)N1CCCC(C)(c2ccccc2)C1=O.COCc1ccccc1. The molecule has 5 heteroatoms. The van der Waals surface area contributed by atoms with Gasteiger partial charge in [-0.1, -0.05) is 60.7 Å². The molecule has 1 aliphatic rings. The lowest BCUT2D eigenvalue weighted by Crippen LogP contribution is -2.64. The molecule has 1 aliphatic heterocycles. The molecule has 2 aromatic rings. The zero-order valence-corrected chi connectivity index (χ0v) is 21.2. The summed E-state index contributed by atoms with van der Waals surface area (Å²) in [6.07, 6.45) is 1.74. The second-order valence-electron chi connectivity index (χ2n) is 9.85. The van der Waals surface area contributed by atoms with Crippen LogP contribution in [0.3, 0.4) is 0 Å². The number of carbonyl (C=O) groups excluding carboxylic acids is 2. The zero-order valence-electron chi connectivity index (χ0n) is 21.2. The fourth-order valence-electron chi connectivity index (χ4n) is 4.29. The molecule has 0 saturated carbocycles. The van der Waals surface area contributed by atoms with Crippen molar-refractivity contribution in [3.05, 3.63) is 71.8 Å². The third-order valence-electron chi connectivity index (χ3n) is 7.24. The summed E-state index contributed by atoms with van der Waals surface area (Å²) >= 11 is 0. The number of likely N-dealkylation sites (tertiary alicyclic amines) is 1. The van der Waals surface area contributed by atoms with Crippen molar-refractivity contribution in [1.29, 1.82) is 0 Å². The molecule has 1 unspecified atom stereocenters. The van der Waals surface area contributed by atoms with Crippen molar-refractivity contribution >= 4 is 11.9 Å². The standard InChI is InChI=1S/C20H29NO3.C8H10O/c1-18(2,17(23)24-6)19(3,4)21-14-10-13-20(5,16(21)22)15-11-8-7-9-12-15;1-9-7-8-5-3-2-4-6-8/h7-9,11-12H,10,13-14H2,1-6H3;2-6H,7H2,1H3. The van der Waals surface area contributed by atoms with Crippen LogP contribution in [0.5, 0.6) is 0 Å². The largest absolute Gasteiger partial charge is 0.469 e. The molecule has 180 valence electrons. The van der Waals surface area contributed by atoms with Gasteiger partial charge in [-0.25, -0.2) is 0 Å². The Kier molecular flexibility index (Phi) is 8.84. The van der Waals surface area contributed by atoms with E-state index in [4.69, 9.17) is 9.47 Å². The lowest BCUT2D eigenvalue weighted by molar-refractivity contribution is -0.167. The van der Waals surface area contributed by atoms with Gasteiger partial charge in [0.2, 0.25) is 5.91 Å². The van der Waals surface area contributed by atoms with Gasteiger partial charge in [0, 0.05) is 13.7 Å². The normalized spacial score (nSPS) is 18.9. The number of methoxy groups -OCH3 is 2. The van der Waals surface area contributed by atoms with Crippen LogP contribution in [0.4, 0.5) is 0 Å². The summed E-state index contributed by atoms with van der Waals surface area (Å²) in [7, 11) is 3.10. The molecule has 33 heavy (non-hydrogen) atoms. The third-order valence-corrected chi connectivity index (χ3v) is 7.24. The lowest BCUT2D eigenvalue weighted by Gasteiger charge is -2.52. The summed E-state index contributed by atoms with van der Waals surface area (Å²) in [5.41, 5.74) is 0.259. The Morgan fingerprint density at radius 2 is 1.52 bits per heavy atom. The summed E-state index contributed by atoms with van der Waals surface area (Å²) in [5, 5.41) is 0. The maximum atomic E-state index is 13.4. The van der Waals surface area contributed by atoms with Crippen LogP contribution in [-0.4, -0.2) is 43.1 Å². The molecule has 0 aliphatic carbocycles. The third kappa shape index (κ3) is 5.64. The Bertz CT molecular complexity index is 908. The van der Waals surface area contributed by atoms with Crippen LogP contribution in [0.1, 0.15) is 58.6 Å². The van der Waals surface area contributed by atoms with Gasteiger partial charge in [0.05, 0.1) is 30.1 Å². The van der Waals surface area contributed by atoms with Crippen LogP contribution < -0.4 is 0 Å². The average molecular weight is 454 g/mol. The predicted molar refractivity (Wildman–Crippen MR) is 132 cm³/mol. The van der Waals surface area contributed by atoms with Gasteiger partial charge in [-0.2, -0.15) is 0 Å². The highest BCUT2D eigenvalue weighted by Gasteiger charge is 2.53. The van der Waals surface area contributed by atoms with Crippen LogP contribution in [0.2, 0.25) is 0 Å². The van der Waals surface area contributed by atoms with E-state index in [1.54, 1.807) is 7.11 Å². The van der Waals surface area contributed by atoms with Gasteiger partial charge in [0.15, 0.2) is 0 Å².